The zero-order valence-electron chi connectivity index (χ0n) is 16.8. The molecule has 150 valence electrons. The SMILES string of the molecule is CCCc1cc(-c2nc(C)c(C(=O)N3CCN(c4ccccn4)CC3)s2)ccn1. The number of aryl methyl sites for hydroxylation is 2. The first-order valence-corrected chi connectivity index (χ1v) is 10.9. The molecule has 0 radical (unpaired) electrons. The van der Waals surface area contributed by atoms with E-state index in [1.807, 2.05) is 42.3 Å². The fraction of sp³-hybridized carbons (Fsp3) is 0.364. The van der Waals surface area contributed by atoms with Crippen molar-refractivity contribution in [2.45, 2.75) is 26.7 Å². The van der Waals surface area contributed by atoms with E-state index < -0.39 is 0 Å². The topological polar surface area (TPSA) is 62.2 Å². The van der Waals surface area contributed by atoms with Crippen LogP contribution in [0.2, 0.25) is 0 Å². The van der Waals surface area contributed by atoms with Crippen LogP contribution in [0.3, 0.4) is 0 Å². The van der Waals surface area contributed by atoms with Gasteiger partial charge >= 0.3 is 0 Å². The number of nitrogens with zero attached hydrogens (tertiary/aromatic N) is 5. The smallest absolute Gasteiger partial charge is 0.265 e. The number of thiazole rings is 1. The van der Waals surface area contributed by atoms with E-state index in [-0.39, 0.29) is 5.91 Å². The standard InChI is InChI=1S/C22H25N5OS/c1-3-6-18-15-17(8-10-23-18)21-25-16(2)20(29-21)22(28)27-13-11-26(12-14-27)19-7-4-5-9-24-19/h4-5,7-10,15H,3,6,11-14H2,1-2H3. The second-order valence-corrected chi connectivity index (χ2v) is 8.19. The van der Waals surface area contributed by atoms with Gasteiger partial charge in [0.1, 0.15) is 15.7 Å². The highest BCUT2D eigenvalue weighted by Crippen LogP contribution is 2.29. The summed E-state index contributed by atoms with van der Waals surface area (Å²) in [6.45, 7) is 7.03. The predicted octanol–water partition coefficient (Wildman–Crippen LogP) is 3.82. The second kappa shape index (κ2) is 8.69. The molecule has 1 saturated heterocycles. The van der Waals surface area contributed by atoms with Crippen molar-refractivity contribution in [3.63, 3.8) is 0 Å². The maximum Gasteiger partial charge on any atom is 0.265 e. The molecule has 0 saturated carbocycles. The highest BCUT2D eigenvalue weighted by atomic mass is 32.1. The number of carbonyl (C=O) groups excluding carboxylic acids is 1. The van der Waals surface area contributed by atoms with Crippen LogP contribution in [-0.4, -0.2) is 51.9 Å². The molecule has 7 heteroatoms. The summed E-state index contributed by atoms with van der Waals surface area (Å²) in [5.41, 5.74) is 2.91. The molecule has 0 unspecified atom stereocenters. The monoisotopic (exact) mass is 407 g/mol. The first-order chi connectivity index (χ1) is 14.2. The van der Waals surface area contributed by atoms with Crippen molar-refractivity contribution in [1.82, 2.24) is 19.9 Å². The number of hydrogen-bond acceptors (Lipinski definition) is 6. The Morgan fingerprint density at radius 3 is 2.66 bits per heavy atom. The van der Waals surface area contributed by atoms with Gasteiger partial charge in [0.25, 0.3) is 5.91 Å². The number of piperazine rings is 1. The minimum Gasteiger partial charge on any atom is -0.353 e. The average molecular weight is 408 g/mol. The third-order valence-electron chi connectivity index (χ3n) is 5.10. The summed E-state index contributed by atoms with van der Waals surface area (Å²) in [4.78, 5) is 31.5. The van der Waals surface area contributed by atoms with Crippen molar-refractivity contribution in [1.29, 1.82) is 0 Å². The van der Waals surface area contributed by atoms with Crippen molar-refractivity contribution in [3.05, 3.63) is 59.0 Å². The Morgan fingerprint density at radius 1 is 1.10 bits per heavy atom. The Hall–Kier alpha value is -2.80. The fourth-order valence-corrected chi connectivity index (χ4v) is 4.58. The van der Waals surface area contributed by atoms with E-state index in [1.54, 1.807) is 6.20 Å². The van der Waals surface area contributed by atoms with Crippen LogP contribution in [0.4, 0.5) is 5.82 Å². The lowest BCUT2D eigenvalue weighted by molar-refractivity contribution is 0.0750. The summed E-state index contributed by atoms with van der Waals surface area (Å²) in [6, 6.07) is 9.98. The summed E-state index contributed by atoms with van der Waals surface area (Å²) in [7, 11) is 0. The molecule has 1 aliphatic rings. The number of aromatic nitrogens is 3. The predicted molar refractivity (Wildman–Crippen MR) is 116 cm³/mol. The molecule has 3 aromatic heterocycles. The van der Waals surface area contributed by atoms with Gasteiger partial charge in [-0.1, -0.05) is 19.4 Å². The van der Waals surface area contributed by atoms with Gasteiger partial charge in [-0.25, -0.2) is 9.97 Å². The zero-order valence-corrected chi connectivity index (χ0v) is 17.7. The van der Waals surface area contributed by atoms with Gasteiger partial charge in [-0.2, -0.15) is 0 Å². The number of rotatable bonds is 5. The van der Waals surface area contributed by atoms with Crippen LogP contribution in [0.5, 0.6) is 0 Å². The van der Waals surface area contributed by atoms with E-state index >= 15 is 0 Å². The molecule has 3 aromatic rings. The van der Waals surface area contributed by atoms with E-state index in [1.165, 1.54) is 11.3 Å². The number of hydrogen-bond donors (Lipinski definition) is 0. The van der Waals surface area contributed by atoms with Crippen LogP contribution in [0.25, 0.3) is 10.6 Å². The fourth-order valence-electron chi connectivity index (χ4n) is 3.55. The molecule has 6 nitrogen and oxygen atoms in total. The molecule has 0 aliphatic carbocycles. The number of anilines is 1. The van der Waals surface area contributed by atoms with Crippen LogP contribution < -0.4 is 4.90 Å². The first kappa shape index (κ1) is 19.5. The summed E-state index contributed by atoms with van der Waals surface area (Å²) in [6.07, 6.45) is 5.64. The normalized spacial score (nSPS) is 14.3. The van der Waals surface area contributed by atoms with Crippen LogP contribution in [0.15, 0.2) is 42.7 Å². The maximum atomic E-state index is 13.1. The molecule has 4 heterocycles. The Kier molecular flexibility index (Phi) is 5.85. The van der Waals surface area contributed by atoms with E-state index in [0.29, 0.717) is 13.1 Å². The molecular formula is C22H25N5OS. The molecular weight excluding hydrogens is 382 g/mol. The number of pyridine rings is 2. The summed E-state index contributed by atoms with van der Waals surface area (Å²) in [5, 5.41) is 0.887. The molecule has 1 amide bonds. The first-order valence-electron chi connectivity index (χ1n) is 10.0. The molecule has 0 atom stereocenters. The number of carbonyl (C=O) groups is 1. The zero-order chi connectivity index (χ0) is 20.2. The Morgan fingerprint density at radius 2 is 1.93 bits per heavy atom. The molecule has 1 fully saturated rings. The van der Waals surface area contributed by atoms with Crippen LogP contribution in [0.1, 0.15) is 34.4 Å². The molecule has 0 spiro atoms. The number of amides is 1. The van der Waals surface area contributed by atoms with Crippen LogP contribution in [-0.2, 0) is 6.42 Å². The summed E-state index contributed by atoms with van der Waals surface area (Å²) < 4.78 is 0. The highest BCUT2D eigenvalue weighted by molar-refractivity contribution is 7.17. The van der Waals surface area contributed by atoms with E-state index in [2.05, 4.69) is 32.8 Å². The third kappa shape index (κ3) is 4.29. The Labute approximate surface area is 175 Å². The van der Waals surface area contributed by atoms with Crippen molar-refractivity contribution in [3.8, 4) is 10.6 Å². The van der Waals surface area contributed by atoms with Gasteiger partial charge in [0.2, 0.25) is 0 Å². The van der Waals surface area contributed by atoms with E-state index in [0.717, 1.165) is 58.6 Å². The summed E-state index contributed by atoms with van der Waals surface area (Å²) >= 11 is 1.48. The van der Waals surface area contributed by atoms with Gasteiger partial charge in [0.05, 0.1) is 5.69 Å². The van der Waals surface area contributed by atoms with E-state index in [4.69, 9.17) is 0 Å². The van der Waals surface area contributed by atoms with Gasteiger partial charge in [-0.15, -0.1) is 11.3 Å². The quantitative estimate of drug-likeness (QED) is 0.643. The molecule has 4 rings (SSSR count). The lowest BCUT2D eigenvalue weighted by Crippen LogP contribution is -2.49. The molecule has 0 aromatic carbocycles. The van der Waals surface area contributed by atoms with E-state index in [9.17, 15) is 4.79 Å². The van der Waals surface area contributed by atoms with Gasteiger partial charge in [-0.05, 0) is 37.6 Å². The largest absolute Gasteiger partial charge is 0.353 e. The van der Waals surface area contributed by atoms with Crippen molar-refractivity contribution < 1.29 is 4.79 Å². The highest BCUT2D eigenvalue weighted by Gasteiger charge is 2.26. The van der Waals surface area contributed by atoms with Crippen molar-refractivity contribution in [2.24, 2.45) is 0 Å². The molecule has 29 heavy (non-hydrogen) atoms. The Balaban J connectivity index is 1.47. The maximum absolute atomic E-state index is 13.1. The van der Waals surface area contributed by atoms with Gasteiger partial charge in [0.15, 0.2) is 0 Å². The average Bonchev–Trinajstić information content (AvgIpc) is 3.16. The van der Waals surface area contributed by atoms with Gasteiger partial charge in [0, 0.05) is 49.8 Å². The van der Waals surface area contributed by atoms with Crippen LogP contribution >= 0.6 is 11.3 Å². The lowest BCUT2D eigenvalue weighted by Gasteiger charge is -2.35. The second-order valence-electron chi connectivity index (χ2n) is 7.19. The van der Waals surface area contributed by atoms with Crippen molar-refractivity contribution >= 4 is 23.1 Å². The lowest BCUT2D eigenvalue weighted by atomic mass is 10.2. The molecule has 0 N–H and O–H groups in total. The van der Waals surface area contributed by atoms with Crippen molar-refractivity contribution in [2.75, 3.05) is 31.1 Å². The van der Waals surface area contributed by atoms with Gasteiger partial charge in [-0.3, -0.25) is 9.78 Å². The Bertz CT molecular complexity index is 980. The minimum absolute atomic E-state index is 0.0785. The summed E-state index contributed by atoms with van der Waals surface area (Å²) in [5.74, 6) is 1.05. The van der Waals surface area contributed by atoms with Gasteiger partial charge < -0.3 is 9.80 Å². The molecule has 1 aliphatic heterocycles. The third-order valence-corrected chi connectivity index (χ3v) is 6.30. The minimum atomic E-state index is 0.0785. The molecule has 0 bridgehead atoms. The van der Waals surface area contributed by atoms with Crippen LogP contribution in [0, 0.1) is 6.92 Å².